The number of piperazine rings is 1. The summed E-state index contributed by atoms with van der Waals surface area (Å²) in [6.45, 7) is 2.87. The lowest BCUT2D eigenvalue weighted by molar-refractivity contribution is -0.140. The van der Waals surface area contributed by atoms with Crippen LogP contribution in [0.1, 0.15) is 17.3 Å². The molecule has 0 N–H and O–H groups in total. The third kappa shape index (κ3) is 4.76. The SMILES string of the molecule is COc1c(Cl)cc(C(=O)OCC(=O)N2CCN(C(C)=O)CC2)cc1Cl. The maximum absolute atomic E-state index is 12.1. The topological polar surface area (TPSA) is 76.2 Å². The van der Waals surface area contributed by atoms with E-state index in [4.69, 9.17) is 32.7 Å². The summed E-state index contributed by atoms with van der Waals surface area (Å²) < 4.78 is 10.0. The van der Waals surface area contributed by atoms with E-state index in [2.05, 4.69) is 0 Å². The minimum Gasteiger partial charge on any atom is -0.494 e. The van der Waals surface area contributed by atoms with Gasteiger partial charge in [-0.2, -0.15) is 0 Å². The molecule has 7 nitrogen and oxygen atoms in total. The second kappa shape index (κ2) is 8.40. The Morgan fingerprint density at radius 3 is 2.04 bits per heavy atom. The molecule has 0 radical (unpaired) electrons. The molecule has 0 atom stereocenters. The third-order valence-electron chi connectivity index (χ3n) is 3.84. The van der Waals surface area contributed by atoms with Gasteiger partial charge in [-0.3, -0.25) is 9.59 Å². The Labute approximate surface area is 155 Å². The van der Waals surface area contributed by atoms with E-state index in [0.29, 0.717) is 26.2 Å². The lowest BCUT2D eigenvalue weighted by atomic mass is 10.2. The molecule has 1 aliphatic heterocycles. The van der Waals surface area contributed by atoms with Gasteiger partial charge in [-0.05, 0) is 12.1 Å². The molecule has 2 amide bonds. The van der Waals surface area contributed by atoms with E-state index >= 15 is 0 Å². The zero-order valence-corrected chi connectivity index (χ0v) is 15.4. The van der Waals surface area contributed by atoms with Crippen LogP contribution in [-0.4, -0.2) is 67.5 Å². The maximum atomic E-state index is 12.1. The lowest BCUT2D eigenvalue weighted by Crippen LogP contribution is -2.51. The first kappa shape index (κ1) is 19.3. The zero-order chi connectivity index (χ0) is 18.6. The lowest BCUT2D eigenvalue weighted by Gasteiger charge is -2.34. The van der Waals surface area contributed by atoms with Gasteiger partial charge >= 0.3 is 5.97 Å². The van der Waals surface area contributed by atoms with Crippen molar-refractivity contribution >= 4 is 41.0 Å². The molecule has 1 aromatic rings. The second-order valence-corrected chi connectivity index (χ2v) is 6.25. The highest BCUT2D eigenvalue weighted by Crippen LogP contribution is 2.33. The molecule has 25 heavy (non-hydrogen) atoms. The van der Waals surface area contributed by atoms with E-state index in [0.717, 1.165) is 0 Å². The average molecular weight is 389 g/mol. The van der Waals surface area contributed by atoms with Crippen molar-refractivity contribution in [2.24, 2.45) is 0 Å². The summed E-state index contributed by atoms with van der Waals surface area (Å²) in [5.41, 5.74) is 0.130. The number of rotatable bonds is 4. The fourth-order valence-electron chi connectivity index (χ4n) is 2.45. The van der Waals surface area contributed by atoms with Crippen LogP contribution in [0.5, 0.6) is 5.75 Å². The van der Waals surface area contributed by atoms with Crippen LogP contribution in [0.15, 0.2) is 12.1 Å². The molecule has 2 rings (SSSR count). The number of nitrogens with zero attached hydrogens (tertiary/aromatic N) is 2. The molecule has 1 saturated heterocycles. The van der Waals surface area contributed by atoms with E-state index in [1.165, 1.54) is 26.2 Å². The molecule has 1 aromatic carbocycles. The smallest absolute Gasteiger partial charge is 0.338 e. The van der Waals surface area contributed by atoms with Crippen molar-refractivity contribution in [3.05, 3.63) is 27.7 Å². The Hall–Kier alpha value is -1.99. The Morgan fingerprint density at radius 2 is 1.56 bits per heavy atom. The maximum Gasteiger partial charge on any atom is 0.338 e. The second-order valence-electron chi connectivity index (χ2n) is 5.44. The Kier molecular flexibility index (Phi) is 6.50. The quantitative estimate of drug-likeness (QED) is 0.735. The first-order chi connectivity index (χ1) is 11.8. The van der Waals surface area contributed by atoms with Gasteiger partial charge in [0.1, 0.15) is 0 Å². The summed E-state index contributed by atoms with van der Waals surface area (Å²) in [6.07, 6.45) is 0. The molecule has 0 unspecified atom stereocenters. The molecule has 0 saturated carbocycles. The summed E-state index contributed by atoms with van der Waals surface area (Å²) in [7, 11) is 1.41. The highest BCUT2D eigenvalue weighted by Gasteiger charge is 2.23. The summed E-state index contributed by atoms with van der Waals surface area (Å²) in [5, 5.41) is 0.349. The molecule has 1 fully saturated rings. The van der Waals surface area contributed by atoms with Gasteiger partial charge in [0, 0.05) is 33.1 Å². The molecule has 9 heteroatoms. The monoisotopic (exact) mass is 388 g/mol. The van der Waals surface area contributed by atoms with Crippen molar-refractivity contribution in [2.45, 2.75) is 6.92 Å². The van der Waals surface area contributed by atoms with E-state index < -0.39 is 5.97 Å². The largest absolute Gasteiger partial charge is 0.494 e. The van der Waals surface area contributed by atoms with Crippen molar-refractivity contribution < 1.29 is 23.9 Å². The minimum absolute atomic E-state index is 0.0215. The van der Waals surface area contributed by atoms with Gasteiger partial charge in [-0.1, -0.05) is 23.2 Å². The highest BCUT2D eigenvalue weighted by atomic mass is 35.5. The molecular weight excluding hydrogens is 371 g/mol. The fourth-order valence-corrected chi connectivity index (χ4v) is 3.09. The fraction of sp³-hybridized carbons (Fsp3) is 0.438. The van der Waals surface area contributed by atoms with Crippen LogP contribution in [0.3, 0.4) is 0 Å². The molecule has 0 aliphatic carbocycles. The predicted octanol–water partition coefficient (Wildman–Crippen LogP) is 1.85. The number of amides is 2. The number of carbonyl (C=O) groups excluding carboxylic acids is 3. The molecular formula is C16H18Cl2N2O5. The van der Waals surface area contributed by atoms with Crippen LogP contribution in [-0.2, 0) is 14.3 Å². The summed E-state index contributed by atoms with van der Waals surface area (Å²) >= 11 is 12.0. The highest BCUT2D eigenvalue weighted by molar-refractivity contribution is 6.37. The average Bonchev–Trinajstić information content (AvgIpc) is 2.59. The van der Waals surface area contributed by atoms with Gasteiger partial charge in [-0.25, -0.2) is 4.79 Å². The molecule has 0 spiro atoms. The van der Waals surface area contributed by atoms with Crippen molar-refractivity contribution in [1.82, 2.24) is 9.80 Å². The van der Waals surface area contributed by atoms with Crippen LogP contribution in [0.4, 0.5) is 0 Å². The van der Waals surface area contributed by atoms with Crippen LogP contribution >= 0.6 is 23.2 Å². The van der Waals surface area contributed by atoms with Crippen LogP contribution < -0.4 is 4.74 Å². The summed E-state index contributed by atoms with van der Waals surface area (Å²) in [4.78, 5) is 38.7. The summed E-state index contributed by atoms with van der Waals surface area (Å²) in [6, 6.07) is 2.73. The molecule has 136 valence electrons. The molecule has 0 bridgehead atoms. The number of halogens is 2. The van der Waals surface area contributed by atoms with E-state index in [1.54, 1.807) is 9.80 Å². The van der Waals surface area contributed by atoms with E-state index in [1.807, 2.05) is 0 Å². The van der Waals surface area contributed by atoms with Crippen LogP contribution in [0.25, 0.3) is 0 Å². The predicted molar refractivity (Wildman–Crippen MR) is 92.1 cm³/mol. The number of benzene rings is 1. The first-order valence-corrected chi connectivity index (χ1v) is 8.32. The van der Waals surface area contributed by atoms with Gasteiger partial charge in [0.2, 0.25) is 5.91 Å². The van der Waals surface area contributed by atoms with Crippen molar-refractivity contribution in [3.8, 4) is 5.75 Å². The van der Waals surface area contributed by atoms with Gasteiger partial charge < -0.3 is 19.3 Å². The number of methoxy groups -OCH3 is 1. The van der Waals surface area contributed by atoms with Crippen molar-refractivity contribution in [1.29, 1.82) is 0 Å². The van der Waals surface area contributed by atoms with Crippen molar-refractivity contribution in [2.75, 3.05) is 39.9 Å². The van der Waals surface area contributed by atoms with Gasteiger partial charge in [0.15, 0.2) is 12.4 Å². The zero-order valence-electron chi connectivity index (χ0n) is 13.9. The Bertz CT molecular complexity index is 664. The van der Waals surface area contributed by atoms with E-state index in [-0.39, 0.29) is 39.8 Å². The molecule has 1 aliphatic rings. The number of hydrogen-bond acceptors (Lipinski definition) is 5. The Morgan fingerprint density at radius 1 is 1.04 bits per heavy atom. The number of carbonyl (C=O) groups is 3. The van der Waals surface area contributed by atoms with Crippen LogP contribution in [0.2, 0.25) is 10.0 Å². The number of ether oxygens (including phenoxy) is 2. The standard InChI is InChI=1S/C16H18Cl2N2O5/c1-10(21)19-3-5-20(6-4-19)14(22)9-25-16(23)11-7-12(17)15(24-2)13(18)8-11/h7-8H,3-6,9H2,1-2H3. The molecule has 1 heterocycles. The summed E-state index contributed by atoms with van der Waals surface area (Å²) in [5.74, 6) is -0.782. The number of esters is 1. The Balaban J connectivity index is 1.90. The van der Waals surface area contributed by atoms with Crippen molar-refractivity contribution in [3.63, 3.8) is 0 Å². The minimum atomic E-state index is -0.706. The van der Waals surface area contributed by atoms with Gasteiger partial charge in [0.05, 0.1) is 22.7 Å². The first-order valence-electron chi connectivity index (χ1n) is 7.57. The number of hydrogen-bond donors (Lipinski definition) is 0. The normalized spacial score (nSPS) is 14.2. The third-order valence-corrected chi connectivity index (χ3v) is 4.40. The molecule has 0 aromatic heterocycles. The van der Waals surface area contributed by atoms with Gasteiger partial charge in [-0.15, -0.1) is 0 Å². The van der Waals surface area contributed by atoms with E-state index in [9.17, 15) is 14.4 Å². The van der Waals surface area contributed by atoms with Gasteiger partial charge in [0.25, 0.3) is 5.91 Å². The van der Waals surface area contributed by atoms with Crippen LogP contribution in [0, 0.1) is 0 Å².